The van der Waals surface area contributed by atoms with Crippen molar-refractivity contribution in [3.8, 4) is 0 Å². The normalized spacial score (nSPS) is 24.6. The predicted molar refractivity (Wildman–Crippen MR) is 112 cm³/mol. The number of thiazole rings is 1. The lowest BCUT2D eigenvalue weighted by Gasteiger charge is -2.51. The summed E-state index contributed by atoms with van der Waals surface area (Å²) in [5, 5.41) is 11.2. The summed E-state index contributed by atoms with van der Waals surface area (Å²) < 4.78 is 1.31. The third-order valence-corrected chi connectivity index (χ3v) is 6.76. The Morgan fingerprint density at radius 3 is 2.59 bits per heavy atom. The fraction of sp³-hybridized carbons (Fsp3) is 0.550. The lowest BCUT2D eigenvalue weighted by atomic mass is 10.1. The molecule has 3 aliphatic heterocycles. The van der Waals surface area contributed by atoms with E-state index in [1.165, 1.54) is 67.3 Å². The molecule has 0 N–H and O–H groups in total. The zero-order valence-electron chi connectivity index (χ0n) is 16.3. The van der Waals surface area contributed by atoms with E-state index in [0.717, 1.165) is 24.3 Å². The number of hydrogen-bond acceptors (Lipinski definition) is 6. The van der Waals surface area contributed by atoms with Crippen molar-refractivity contribution >= 4 is 27.8 Å². The van der Waals surface area contributed by atoms with Gasteiger partial charge in [0.1, 0.15) is 0 Å². The molecule has 0 radical (unpaired) electrons. The lowest BCUT2D eigenvalue weighted by molar-refractivity contribution is -0.939. The molecule has 6 nitrogen and oxygen atoms in total. The van der Waals surface area contributed by atoms with E-state index in [1.54, 1.807) is 6.20 Å². The van der Waals surface area contributed by atoms with Crippen LogP contribution >= 0.6 is 11.3 Å². The van der Waals surface area contributed by atoms with E-state index >= 15 is 0 Å². The Morgan fingerprint density at radius 2 is 1.96 bits per heavy atom. The van der Waals surface area contributed by atoms with Crippen LogP contribution in [0, 0.1) is 6.92 Å². The highest BCUT2D eigenvalue weighted by Crippen LogP contribution is 2.28. The van der Waals surface area contributed by atoms with Gasteiger partial charge in [0.15, 0.2) is 0 Å². The SMILES string of the molecule is CCN(CC[N+]12CCN(CC1)CC2)c1ccc(N=Nc2nccs2)c(C)c1. The van der Waals surface area contributed by atoms with Crippen LogP contribution in [0.1, 0.15) is 12.5 Å². The van der Waals surface area contributed by atoms with E-state index in [-0.39, 0.29) is 0 Å². The summed E-state index contributed by atoms with van der Waals surface area (Å²) in [7, 11) is 0. The number of hydrogen-bond donors (Lipinski definition) is 0. The summed E-state index contributed by atoms with van der Waals surface area (Å²) >= 11 is 1.50. The molecular weight excluding hydrogens is 356 g/mol. The zero-order chi connectivity index (χ0) is 18.7. The number of piperazine rings is 3. The van der Waals surface area contributed by atoms with Gasteiger partial charge >= 0.3 is 0 Å². The maximum Gasteiger partial charge on any atom is 0.229 e. The highest BCUT2D eigenvalue weighted by molar-refractivity contribution is 7.13. The molecule has 0 unspecified atom stereocenters. The van der Waals surface area contributed by atoms with Crippen LogP contribution in [0.4, 0.5) is 16.5 Å². The highest BCUT2D eigenvalue weighted by Gasteiger charge is 2.38. The first-order valence-electron chi connectivity index (χ1n) is 9.92. The summed E-state index contributed by atoms with van der Waals surface area (Å²) in [5.41, 5.74) is 3.36. The molecule has 0 spiro atoms. The number of fused-ring (bicyclic) bond motifs is 3. The minimum absolute atomic E-state index is 0.698. The average molecular weight is 386 g/mol. The van der Waals surface area contributed by atoms with E-state index in [0.29, 0.717) is 5.13 Å². The molecule has 3 saturated heterocycles. The Balaban J connectivity index is 1.42. The largest absolute Gasteiger partial charge is 0.366 e. The minimum Gasteiger partial charge on any atom is -0.366 e. The second kappa shape index (κ2) is 8.04. The molecule has 0 aliphatic carbocycles. The molecule has 27 heavy (non-hydrogen) atoms. The van der Waals surface area contributed by atoms with Crippen LogP contribution in [0.3, 0.4) is 0 Å². The minimum atomic E-state index is 0.698. The molecule has 7 heteroatoms. The van der Waals surface area contributed by atoms with Crippen molar-refractivity contribution in [2.45, 2.75) is 13.8 Å². The van der Waals surface area contributed by atoms with Gasteiger partial charge < -0.3 is 9.38 Å². The quantitative estimate of drug-likeness (QED) is 0.537. The number of rotatable bonds is 7. The molecule has 0 atom stereocenters. The number of benzene rings is 1. The van der Waals surface area contributed by atoms with Crippen molar-refractivity contribution in [1.82, 2.24) is 9.88 Å². The number of aryl methyl sites for hydroxylation is 1. The van der Waals surface area contributed by atoms with Crippen molar-refractivity contribution in [2.24, 2.45) is 10.2 Å². The van der Waals surface area contributed by atoms with Gasteiger partial charge in [0.25, 0.3) is 0 Å². The van der Waals surface area contributed by atoms with Gasteiger partial charge in [-0.15, -0.1) is 21.6 Å². The molecule has 2 bridgehead atoms. The Morgan fingerprint density at radius 1 is 1.19 bits per heavy atom. The molecule has 1 aromatic carbocycles. The topological polar surface area (TPSA) is 44.1 Å². The number of azo groups is 1. The number of likely N-dealkylation sites (N-methyl/N-ethyl adjacent to an activating group) is 1. The van der Waals surface area contributed by atoms with Crippen LogP contribution in [0.2, 0.25) is 0 Å². The van der Waals surface area contributed by atoms with E-state index < -0.39 is 0 Å². The summed E-state index contributed by atoms with van der Waals surface area (Å²) in [6, 6.07) is 6.51. The van der Waals surface area contributed by atoms with E-state index in [1.807, 2.05) is 5.38 Å². The van der Waals surface area contributed by atoms with Crippen LogP contribution in [0.5, 0.6) is 0 Å². The Bertz CT molecular complexity index is 766. The lowest BCUT2D eigenvalue weighted by Crippen LogP contribution is -2.68. The van der Waals surface area contributed by atoms with Gasteiger partial charge in [-0.2, -0.15) is 0 Å². The number of anilines is 1. The van der Waals surface area contributed by atoms with Crippen molar-refractivity contribution in [3.05, 3.63) is 35.3 Å². The first kappa shape index (κ1) is 18.5. The van der Waals surface area contributed by atoms with Gasteiger partial charge in [-0.1, -0.05) is 0 Å². The van der Waals surface area contributed by atoms with Crippen molar-refractivity contribution < 1.29 is 4.48 Å². The predicted octanol–water partition coefficient (Wildman–Crippen LogP) is 3.84. The van der Waals surface area contributed by atoms with Crippen molar-refractivity contribution in [1.29, 1.82) is 0 Å². The second-order valence-electron chi connectivity index (χ2n) is 7.64. The molecule has 0 saturated carbocycles. The summed E-state index contributed by atoms with van der Waals surface area (Å²) in [5.74, 6) is 0. The van der Waals surface area contributed by atoms with Crippen molar-refractivity contribution in [3.63, 3.8) is 0 Å². The summed E-state index contributed by atoms with van der Waals surface area (Å²) in [6.07, 6.45) is 1.75. The monoisotopic (exact) mass is 385 g/mol. The smallest absolute Gasteiger partial charge is 0.229 e. The Labute approximate surface area is 165 Å². The van der Waals surface area contributed by atoms with E-state index in [9.17, 15) is 0 Å². The second-order valence-corrected chi connectivity index (χ2v) is 8.52. The third-order valence-electron chi connectivity index (χ3n) is 6.11. The standard InChI is InChI=1S/C20H29N6S/c1-3-25(10-14-26-11-7-24(8-12-26)9-13-26)18-4-5-19(17(2)16-18)22-23-20-21-6-15-27-20/h4-6,15-16H,3,7-14H2,1-2H3/q+1. The number of nitrogens with zero attached hydrogens (tertiary/aromatic N) is 6. The molecule has 3 aliphatic rings. The zero-order valence-corrected chi connectivity index (χ0v) is 17.2. The van der Waals surface area contributed by atoms with Crippen molar-refractivity contribution in [2.75, 3.05) is 63.8 Å². The first-order chi connectivity index (χ1) is 13.2. The van der Waals surface area contributed by atoms with E-state index in [2.05, 4.69) is 57.1 Å². The molecule has 144 valence electrons. The third kappa shape index (κ3) is 4.20. The highest BCUT2D eigenvalue weighted by atomic mass is 32.1. The maximum absolute atomic E-state index is 4.37. The maximum atomic E-state index is 4.37. The molecule has 4 heterocycles. The van der Waals surface area contributed by atoms with Gasteiger partial charge in [-0.05, 0) is 37.6 Å². The van der Waals surface area contributed by atoms with Gasteiger partial charge in [0.2, 0.25) is 5.13 Å². The van der Waals surface area contributed by atoms with Gasteiger partial charge in [0, 0.05) is 43.4 Å². The molecule has 2 aromatic rings. The average Bonchev–Trinajstić information content (AvgIpc) is 3.23. The van der Waals surface area contributed by atoms with Gasteiger partial charge in [0.05, 0.1) is 38.4 Å². The molecular formula is C20H29N6S+. The fourth-order valence-electron chi connectivity index (χ4n) is 4.18. The van der Waals surface area contributed by atoms with Gasteiger partial charge in [-0.25, -0.2) is 4.98 Å². The summed E-state index contributed by atoms with van der Waals surface area (Å²) in [6.45, 7) is 15.6. The van der Waals surface area contributed by atoms with Crippen LogP contribution in [-0.4, -0.2) is 73.3 Å². The molecule has 5 rings (SSSR count). The molecule has 0 amide bonds. The molecule has 3 fully saturated rings. The summed E-state index contributed by atoms with van der Waals surface area (Å²) in [4.78, 5) is 9.27. The molecule has 1 aromatic heterocycles. The first-order valence-corrected chi connectivity index (χ1v) is 10.8. The number of aromatic nitrogens is 1. The Hall–Kier alpha value is -1.83. The van der Waals surface area contributed by atoms with Crippen LogP contribution in [0.25, 0.3) is 0 Å². The Kier molecular flexibility index (Phi) is 5.52. The van der Waals surface area contributed by atoms with Crippen LogP contribution in [-0.2, 0) is 0 Å². The fourth-order valence-corrected chi connectivity index (χ4v) is 4.63. The number of quaternary nitrogens is 1. The van der Waals surface area contributed by atoms with Crippen LogP contribution < -0.4 is 4.90 Å². The van der Waals surface area contributed by atoms with Gasteiger partial charge in [-0.3, -0.25) is 4.90 Å². The van der Waals surface area contributed by atoms with Crippen LogP contribution in [0.15, 0.2) is 40.0 Å². The van der Waals surface area contributed by atoms with E-state index in [4.69, 9.17) is 0 Å².